The highest BCUT2D eigenvalue weighted by Gasteiger charge is 2.21. The first-order valence-electron chi connectivity index (χ1n) is 6.97. The van der Waals surface area contributed by atoms with Crippen LogP contribution >= 0.6 is 0 Å². The molecule has 2 heterocycles. The Kier molecular flexibility index (Phi) is 3.67. The molecule has 2 aromatic rings. The van der Waals surface area contributed by atoms with Gasteiger partial charge in [0.2, 0.25) is 0 Å². The molecule has 23 heavy (non-hydrogen) atoms. The molecule has 0 bridgehead atoms. The second kappa shape index (κ2) is 5.65. The van der Waals surface area contributed by atoms with Crippen LogP contribution in [0.25, 0.3) is 16.5 Å². The van der Waals surface area contributed by atoms with Gasteiger partial charge in [-0.2, -0.15) is 0 Å². The quantitative estimate of drug-likeness (QED) is 0.570. The van der Waals surface area contributed by atoms with Gasteiger partial charge in [0.15, 0.2) is 0 Å². The number of aromatic amines is 1. The molecule has 0 spiro atoms. The highest BCUT2D eigenvalue weighted by atomic mass is 16.5. The Bertz CT molecular complexity index is 824. The number of benzene rings is 1. The summed E-state index contributed by atoms with van der Waals surface area (Å²) in [6.07, 6.45) is 1.97. The lowest BCUT2D eigenvalue weighted by Crippen LogP contribution is -2.22. The summed E-state index contributed by atoms with van der Waals surface area (Å²) in [4.78, 5) is 25.6. The first kappa shape index (κ1) is 14.9. The van der Waals surface area contributed by atoms with Crippen LogP contribution in [0.2, 0.25) is 0 Å². The largest absolute Gasteiger partial charge is 0.495 e. The summed E-state index contributed by atoms with van der Waals surface area (Å²) in [6, 6.07) is 4.59. The average molecular weight is 316 g/mol. The number of urea groups is 1. The molecule has 3 amide bonds. The fraction of sp³-hybridized carbons (Fsp3) is 0.200. The summed E-state index contributed by atoms with van der Waals surface area (Å²) < 4.78 is 5.33. The molecule has 3 rings (SSSR count). The number of carbonyl (C=O) groups is 2. The SMILES string of the molecule is NC(=O)Nc1[nH]c2cc(C3=COC(CO)C3)ccc2c1C(N)=O. The molecule has 8 nitrogen and oxygen atoms in total. The van der Waals surface area contributed by atoms with Crippen molar-refractivity contribution in [3.05, 3.63) is 35.6 Å². The van der Waals surface area contributed by atoms with E-state index < -0.39 is 11.9 Å². The van der Waals surface area contributed by atoms with Crippen molar-refractivity contribution in [1.29, 1.82) is 0 Å². The number of hydrogen-bond donors (Lipinski definition) is 5. The fourth-order valence-corrected chi connectivity index (χ4v) is 2.68. The van der Waals surface area contributed by atoms with E-state index in [1.54, 1.807) is 12.3 Å². The average Bonchev–Trinajstić information content (AvgIpc) is 3.09. The summed E-state index contributed by atoms with van der Waals surface area (Å²) in [5.41, 5.74) is 13.1. The molecule has 0 aliphatic carbocycles. The second-order valence-corrected chi connectivity index (χ2v) is 5.28. The molecule has 0 fully saturated rings. The van der Waals surface area contributed by atoms with E-state index >= 15 is 0 Å². The number of nitrogens with one attached hydrogen (secondary N) is 2. The molecule has 1 aliphatic rings. The van der Waals surface area contributed by atoms with Crippen LogP contribution in [-0.2, 0) is 4.74 Å². The number of carbonyl (C=O) groups excluding carboxylic acids is 2. The second-order valence-electron chi connectivity index (χ2n) is 5.28. The van der Waals surface area contributed by atoms with Gasteiger partial charge >= 0.3 is 6.03 Å². The number of aromatic nitrogens is 1. The van der Waals surface area contributed by atoms with Crippen molar-refractivity contribution >= 4 is 34.2 Å². The highest BCUT2D eigenvalue weighted by Crippen LogP contribution is 2.32. The van der Waals surface area contributed by atoms with E-state index in [4.69, 9.17) is 21.3 Å². The number of anilines is 1. The first-order chi connectivity index (χ1) is 11.0. The monoisotopic (exact) mass is 316 g/mol. The van der Waals surface area contributed by atoms with Gasteiger partial charge < -0.3 is 26.3 Å². The predicted molar refractivity (Wildman–Crippen MR) is 84.6 cm³/mol. The zero-order valence-corrected chi connectivity index (χ0v) is 12.1. The minimum absolute atomic E-state index is 0.0523. The summed E-state index contributed by atoms with van der Waals surface area (Å²) in [6.45, 7) is -0.0523. The Morgan fingerprint density at radius 1 is 1.39 bits per heavy atom. The Morgan fingerprint density at radius 2 is 2.17 bits per heavy atom. The standard InChI is InChI=1S/C15H16N4O4/c16-13(21)12-10-2-1-7(8-3-9(5-20)23-6-8)4-11(10)18-14(12)19-15(17)22/h1-2,4,6,9,18,20H,3,5H2,(H2,16,21)(H3,17,19,22). The van der Waals surface area contributed by atoms with E-state index in [1.807, 2.05) is 12.1 Å². The third-order valence-electron chi connectivity index (χ3n) is 3.72. The predicted octanol–water partition coefficient (Wildman–Crippen LogP) is 0.880. The summed E-state index contributed by atoms with van der Waals surface area (Å²) in [5, 5.41) is 12.1. The van der Waals surface area contributed by atoms with Crippen molar-refractivity contribution in [3.63, 3.8) is 0 Å². The van der Waals surface area contributed by atoms with E-state index in [-0.39, 0.29) is 24.1 Å². The Morgan fingerprint density at radius 3 is 2.78 bits per heavy atom. The van der Waals surface area contributed by atoms with Crippen LogP contribution in [0.3, 0.4) is 0 Å². The van der Waals surface area contributed by atoms with E-state index in [0.717, 1.165) is 11.1 Å². The molecular weight excluding hydrogens is 300 g/mol. The molecule has 120 valence electrons. The van der Waals surface area contributed by atoms with Gasteiger partial charge in [-0.25, -0.2) is 4.79 Å². The lowest BCUT2D eigenvalue weighted by Gasteiger charge is -2.05. The van der Waals surface area contributed by atoms with Crippen LogP contribution in [0.15, 0.2) is 24.5 Å². The zero-order valence-electron chi connectivity index (χ0n) is 12.1. The van der Waals surface area contributed by atoms with Crippen LogP contribution in [0, 0.1) is 0 Å². The normalized spacial score (nSPS) is 16.9. The Hall–Kier alpha value is -3.00. The number of aliphatic hydroxyl groups excluding tert-OH is 1. The molecule has 1 unspecified atom stereocenters. The number of rotatable bonds is 4. The van der Waals surface area contributed by atoms with Crippen LogP contribution in [-0.4, -0.2) is 34.7 Å². The van der Waals surface area contributed by atoms with Crippen LogP contribution in [0.5, 0.6) is 0 Å². The van der Waals surface area contributed by atoms with Crippen molar-refractivity contribution in [2.45, 2.75) is 12.5 Å². The van der Waals surface area contributed by atoms with Gasteiger partial charge in [-0.3, -0.25) is 10.1 Å². The van der Waals surface area contributed by atoms with Crippen molar-refractivity contribution in [2.24, 2.45) is 11.5 Å². The lowest BCUT2D eigenvalue weighted by atomic mass is 10.0. The van der Waals surface area contributed by atoms with Crippen molar-refractivity contribution in [2.75, 3.05) is 11.9 Å². The number of amides is 3. The molecule has 0 saturated heterocycles. The molecule has 8 heteroatoms. The number of ether oxygens (including phenoxy) is 1. The van der Waals surface area contributed by atoms with Crippen LogP contribution in [0.4, 0.5) is 10.6 Å². The molecule has 1 aliphatic heterocycles. The van der Waals surface area contributed by atoms with Gasteiger partial charge in [-0.05, 0) is 17.2 Å². The smallest absolute Gasteiger partial charge is 0.317 e. The number of H-pyrrole nitrogens is 1. The molecular formula is C15H16N4O4. The van der Waals surface area contributed by atoms with Crippen LogP contribution in [0.1, 0.15) is 22.3 Å². The molecule has 1 aromatic carbocycles. The number of aliphatic hydroxyl groups is 1. The van der Waals surface area contributed by atoms with Crippen molar-refractivity contribution < 1.29 is 19.4 Å². The molecule has 7 N–H and O–H groups in total. The number of primary amides is 2. The maximum Gasteiger partial charge on any atom is 0.317 e. The van der Waals surface area contributed by atoms with E-state index in [1.165, 1.54) is 0 Å². The van der Waals surface area contributed by atoms with Gasteiger partial charge in [0.05, 0.1) is 18.4 Å². The summed E-state index contributed by atoms with van der Waals surface area (Å²) >= 11 is 0. The highest BCUT2D eigenvalue weighted by molar-refractivity contribution is 6.13. The number of nitrogens with two attached hydrogens (primary N) is 2. The van der Waals surface area contributed by atoms with Gasteiger partial charge in [-0.1, -0.05) is 12.1 Å². The van der Waals surface area contributed by atoms with E-state index in [9.17, 15) is 9.59 Å². The minimum atomic E-state index is -0.794. The molecule has 1 aromatic heterocycles. The van der Waals surface area contributed by atoms with E-state index in [2.05, 4.69) is 10.3 Å². The lowest BCUT2D eigenvalue weighted by molar-refractivity contribution is 0.0965. The van der Waals surface area contributed by atoms with Gasteiger partial charge in [0.25, 0.3) is 5.91 Å². The van der Waals surface area contributed by atoms with Gasteiger partial charge in [0, 0.05) is 17.3 Å². The molecule has 0 radical (unpaired) electrons. The minimum Gasteiger partial charge on any atom is -0.495 e. The maximum absolute atomic E-state index is 11.7. The third-order valence-corrected chi connectivity index (χ3v) is 3.72. The van der Waals surface area contributed by atoms with Crippen molar-refractivity contribution in [3.8, 4) is 0 Å². The zero-order chi connectivity index (χ0) is 16.6. The summed E-state index contributed by atoms with van der Waals surface area (Å²) in [5.74, 6) is -0.501. The van der Waals surface area contributed by atoms with Gasteiger partial charge in [-0.15, -0.1) is 0 Å². The number of hydrogen-bond acceptors (Lipinski definition) is 4. The molecule has 0 saturated carbocycles. The Labute approximate surface area is 131 Å². The topological polar surface area (TPSA) is 143 Å². The summed E-state index contributed by atoms with van der Waals surface area (Å²) in [7, 11) is 0. The van der Waals surface area contributed by atoms with Gasteiger partial charge in [0.1, 0.15) is 11.9 Å². The first-order valence-corrected chi connectivity index (χ1v) is 6.97. The third kappa shape index (κ3) is 2.71. The maximum atomic E-state index is 11.7. The van der Waals surface area contributed by atoms with Crippen molar-refractivity contribution in [1.82, 2.24) is 4.98 Å². The molecule has 1 atom stereocenters. The van der Waals surface area contributed by atoms with Crippen LogP contribution < -0.4 is 16.8 Å². The Balaban J connectivity index is 2.04. The van der Waals surface area contributed by atoms with E-state index in [0.29, 0.717) is 17.3 Å². The fourth-order valence-electron chi connectivity index (χ4n) is 2.68. The number of fused-ring (bicyclic) bond motifs is 1.